The van der Waals surface area contributed by atoms with E-state index in [1.165, 1.54) is 16.4 Å². The number of halogens is 1. The molecule has 1 saturated heterocycles. The van der Waals surface area contributed by atoms with E-state index in [1.54, 1.807) is 0 Å². The number of nitrogens with zero attached hydrogens (tertiary/aromatic N) is 1. The molecule has 1 atom stereocenters. The second kappa shape index (κ2) is 5.34. The predicted molar refractivity (Wildman–Crippen MR) is 66.9 cm³/mol. The summed E-state index contributed by atoms with van der Waals surface area (Å²) in [6.45, 7) is 1.46. The van der Waals surface area contributed by atoms with Gasteiger partial charge in [0.2, 0.25) is 10.0 Å². The lowest BCUT2D eigenvalue weighted by Gasteiger charge is -2.31. The van der Waals surface area contributed by atoms with Gasteiger partial charge >= 0.3 is 0 Å². The Kier molecular flexibility index (Phi) is 3.99. The normalized spacial score (nSPS) is 22.0. The molecule has 1 aromatic rings. The maximum absolute atomic E-state index is 12.8. The van der Waals surface area contributed by atoms with Crippen LogP contribution in [0.4, 0.5) is 4.39 Å². The van der Waals surface area contributed by atoms with Crippen molar-refractivity contribution < 1.29 is 12.8 Å². The molecule has 1 fully saturated rings. The Morgan fingerprint density at radius 3 is 2.61 bits per heavy atom. The van der Waals surface area contributed by atoms with Crippen LogP contribution in [0.15, 0.2) is 29.2 Å². The second-order valence-electron chi connectivity index (χ2n) is 4.56. The van der Waals surface area contributed by atoms with Crippen LogP contribution < -0.4 is 5.73 Å². The smallest absolute Gasteiger partial charge is 0.243 e. The molecule has 2 rings (SSSR count). The van der Waals surface area contributed by atoms with E-state index in [0.29, 0.717) is 19.6 Å². The first-order chi connectivity index (χ1) is 8.54. The fraction of sp³-hybridized carbons (Fsp3) is 0.500. The van der Waals surface area contributed by atoms with Gasteiger partial charge in [-0.3, -0.25) is 0 Å². The lowest BCUT2D eigenvalue weighted by molar-refractivity contribution is 0.271. The van der Waals surface area contributed by atoms with Gasteiger partial charge in [-0.15, -0.1) is 0 Å². The van der Waals surface area contributed by atoms with E-state index >= 15 is 0 Å². The largest absolute Gasteiger partial charge is 0.330 e. The minimum absolute atomic E-state index is 0.140. The predicted octanol–water partition coefficient (Wildman–Crippen LogP) is 1.19. The molecule has 1 aliphatic heterocycles. The van der Waals surface area contributed by atoms with Gasteiger partial charge < -0.3 is 5.73 Å². The van der Waals surface area contributed by atoms with E-state index in [1.807, 2.05) is 0 Å². The molecule has 18 heavy (non-hydrogen) atoms. The van der Waals surface area contributed by atoms with Gasteiger partial charge in [0.15, 0.2) is 0 Å². The van der Waals surface area contributed by atoms with Crippen LogP contribution in [0.25, 0.3) is 0 Å². The molecule has 1 unspecified atom stereocenters. The molecule has 1 heterocycles. The Labute approximate surface area is 107 Å². The highest BCUT2D eigenvalue weighted by Gasteiger charge is 2.29. The Bertz CT molecular complexity index is 501. The van der Waals surface area contributed by atoms with E-state index in [-0.39, 0.29) is 10.8 Å². The lowest BCUT2D eigenvalue weighted by Crippen LogP contribution is -2.41. The van der Waals surface area contributed by atoms with Crippen molar-refractivity contribution in [1.82, 2.24) is 4.31 Å². The number of piperidine rings is 1. The number of hydrogen-bond donors (Lipinski definition) is 1. The zero-order valence-corrected chi connectivity index (χ0v) is 10.9. The summed E-state index contributed by atoms with van der Waals surface area (Å²) in [5, 5.41) is 0. The average molecular weight is 272 g/mol. The summed E-state index contributed by atoms with van der Waals surface area (Å²) in [5.74, 6) is -0.221. The summed E-state index contributed by atoms with van der Waals surface area (Å²) in [5.41, 5.74) is 5.60. The minimum atomic E-state index is -3.51. The zero-order chi connectivity index (χ0) is 13.2. The maximum Gasteiger partial charge on any atom is 0.243 e. The van der Waals surface area contributed by atoms with Crippen molar-refractivity contribution in [2.45, 2.75) is 17.7 Å². The quantitative estimate of drug-likeness (QED) is 0.899. The summed E-state index contributed by atoms with van der Waals surface area (Å²) in [6.07, 6.45) is 1.79. The van der Waals surface area contributed by atoms with Crippen molar-refractivity contribution >= 4 is 10.0 Å². The third-order valence-electron chi connectivity index (χ3n) is 3.27. The molecule has 0 spiro atoms. The monoisotopic (exact) mass is 272 g/mol. The topological polar surface area (TPSA) is 63.4 Å². The summed E-state index contributed by atoms with van der Waals surface area (Å²) >= 11 is 0. The first-order valence-corrected chi connectivity index (χ1v) is 7.44. The summed E-state index contributed by atoms with van der Waals surface area (Å²) in [7, 11) is -3.51. The Hall–Kier alpha value is -0.980. The molecule has 0 amide bonds. The number of nitrogens with two attached hydrogens (primary N) is 1. The Balaban J connectivity index is 2.22. The van der Waals surface area contributed by atoms with E-state index in [0.717, 1.165) is 25.0 Å². The van der Waals surface area contributed by atoms with E-state index in [9.17, 15) is 12.8 Å². The van der Waals surface area contributed by atoms with Gasteiger partial charge in [-0.05, 0) is 49.6 Å². The molecule has 4 nitrogen and oxygen atoms in total. The van der Waals surface area contributed by atoms with Crippen LogP contribution in [0.5, 0.6) is 0 Å². The van der Waals surface area contributed by atoms with E-state index in [2.05, 4.69) is 0 Å². The summed E-state index contributed by atoms with van der Waals surface area (Å²) in [4.78, 5) is 0.140. The molecule has 6 heteroatoms. The summed E-state index contributed by atoms with van der Waals surface area (Å²) < 4.78 is 38.9. The highest BCUT2D eigenvalue weighted by Crippen LogP contribution is 2.23. The minimum Gasteiger partial charge on any atom is -0.330 e. The SMILES string of the molecule is NCC1CCCN(S(=O)(=O)c2ccc(F)cc2)C1. The molecule has 1 aliphatic rings. The van der Waals surface area contributed by atoms with Crippen LogP contribution in [0.2, 0.25) is 0 Å². The molecule has 0 radical (unpaired) electrons. The Morgan fingerprint density at radius 2 is 2.00 bits per heavy atom. The Morgan fingerprint density at radius 1 is 1.33 bits per heavy atom. The lowest BCUT2D eigenvalue weighted by atomic mass is 10.0. The van der Waals surface area contributed by atoms with Crippen LogP contribution in [0.3, 0.4) is 0 Å². The number of sulfonamides is 1. The molecule has 0 aromatic heterocycles. The number of hydrogen-bond acceptors (Lipinski definition) is 3. The van der Waals surface area contributed by atoms with Gasteiger partial charge in [-0.25, -0.2) is 12.8 Å². The number of rotatable bonds is 3. The molecule has 2 N–H and O–H groups in total. The second-order valence-corrected chi connectivity index (χ2v) is 6.50. The van der Waals surface area contributed by atoms with Crippen LogP contribution >= 0.6 is 0 Å². The third-order valence-corrected chi connectivity index (χ3v) is 5.15. The molecule has 0 aliphatic carbocycles. The van der Waals surface area contributed by atoms with Crippen LogP contribution in [0.1, 0.15) is 12.8 Å². The van der Waals surface area contributed by atoms with Crippen molar-refractivity contribution in [2.75, 3.05) is 19.6 Å². The molecular formula is C12H17FN2O2S. The fourth-order valence-corrected chi connectivity index (χ4v) is 3.75. The average Bonchev–Trinajstić information content (AvgIpc) is 2.39. The fourth-order valence-electron chi connectivity index (χ4n) is 2.19. The maximum atomic E-state index is 12.8. The molecule has 100 valence electrons. The molecule has 0 bridgehead atoms. The van der Waals surface area contributed by atoms with Crippen molar-refractivity contribution in [3.63, 3.8) is 0 Å². The van der Waals surface area contributed by atoms with Crippen molar-refractivity contribution in [1.29, 1.82) is 0 Å². The third kappa shape index (κ3) is 2.71. The van der Waals surface area contributed by atoms with Gasteiger partial charge in [0.1, 0.15) is 5.82 Å². The molecular weight excluding hydrogens is 255 g/mol. The highest BCUT2D eigenvalue weighted by molar-refractivity contribution is 7.89. The van der Waals surface area contributed by atoms with Crippen LogP contribution in [-0.4, -0.2) is 32.4 Å². The number of benzene rings is 1. The first-order valence-electron chi connectivity index (χ1n) is 6.00. The summed E-state index contributed by atoms with van der Waals surface area (Å²) in [6, 6.07) is 4.93. The van der Waals surface area contributed by atoms with Crippen molar-refractivity contribution in [2.24, 2.45) is 11.7 Å². The van der Waals surface area contributed by atoms with Gasteiger partial charge in [0, 0.05) is 13.1 Å². The van der Waals surface area contributed by atoms with Gasteiger partial charge in [-0.1, -0.05) is 0 Å². The highest BCUT2D eigenvalue weighted by atomic mass is 32.2. The van der Waals surface area contributed by atoms with Gasteiger partial charge in [0.25, 0.3) is 0 Å². The molecule has 1 aromatic carbocycles. The zero-order valence-electron chi connectivity index (χ0n) is 10.0. The first kappa shape index (κ1) is 13.5. The van der Waals surface area contributed by atoms with Crippen molar-refractivity contribution in [3.8, 4) is 0 Å². The van der Waals surface area contributed by atoms with Crippen LogP contribution in [0, 0.1) is 11.7 Å². The van der Waals surface area contributed by atoms with E-state index < -0.39 is 15.8 Å². The van der Waals surface area contributed by atoms with Gasteiger partial charge in [0.05, 0.1) is 4.90 Å². The van der Waals surface area contributed by atoms with Gasteiger partial charge in [-0.2, -0.15) is 4.31 Å². The van der Waals surface area contributed by atoms with Crippen molar-refractivity contribution in [3.05, 3.63) is 30.1 Å². The van der Waals surface area contributed by atoms with Crippen LogP contribution in [-0.2, 0) is 10.0 Å². The van der Waals surface area contributed by atoms with E-state index in [4.69, 9.17) is 5.73 Å². The molecule has 0 saturated carbocycles. The standard InChI is InChI=1S/C12H17FN2O2S/c13-11-3-5-12(6-4-11)18(16,17)15-7-1-2-10(8-14)9-15/h3-6,10H,1-2,7-9,14H2.